The van der Waals surface area contributed by atoms with E-state index in [4.69, 9.17) is 4.42 Å². The molecule has 34 heavy (non-hydrogen) atoms. The molecule has 1 aliphatic rings. The Balaban J connectivity index is 1.29. The molecule has 0 spiro atoms. The second kappa shape index (κ2) is 10.1. The van der Waals surface area contributed by atoms with Crippen molar-refractivity contribution in [1.29, 1.82) is 0 Å². The van der Waals surface area contributed by atoms with E-state index in [0.717, 1.165) is 11.1 Å². The average molecular weight is 486 g/mol. The third-order valence-electron chi connectivity index (χ3n) is 6.23. The van der Waals surface area contributed by atoms with Gasteiger partial charge in [0.1, 0.15) is 17.8 Å². The first-order chi connectivity index (χ1) is 16.2. The van der Waals surface area contributed by atoms with Crippen molar-refractivity contribution < 1.29 is 22.0 Å². The van der Waals surface area contributed by atoms with Gasteiger partial charge in [-0.15, -0.1) is 0 Å². The predicted octanol–water partition coefficient (Wildman–Crippen LogP) is 4.50. The Morgan fingerprint density at radius 3 is 2.29 bits per heavy atom. The van der Waals surface area contributed by atoms with Crippen molar-refractivity contribution in [2.75, 3.05) is 0 Å². The zero-order valence-corrected chi connectivity index (χ0v) is 19.9. The largest absolute Gasteiger partial charge is 0.449 e. The number of benzene rings is 2. The predicted molar refractivity (Wildman–Crippen MR) is 126 cm³/mol. The molecule has 1 fully saturated rings. The van der Waals surface area contributed by atoms with Crippen LogP contribution in [0.2, 0.25) is 0 Å². The number of carbonyl (C=O) groups excluding carboxylic acids is 1. The van der Waals surface area contributed by atoms with Gasteiger partial charge < -0.3 is 9.73 Å². The van der Waals surface area contributed by atoms with E-state index in [9.17, 15) is 17.6 Å². The first kappa shape index (κ1) is 24.1. The SMILES string of the molecule is Cc1nc(-c2ccc(S(=O)(=O)NC3CCC(C(=O)N[C@H](C)c4ccc(F)cc4)CC3)cc2)co1. The summed E-state index contributed by atoms with van der Waals surface area (Å²) in [5.41, 5.74) is 2.26. The highest BCUT2D eigenvalue weighted by atomic mass is 32.2. The smallest absolute Gasteiger partial charge is 0.240 e. The van der Waals surface area contributed by atoms with Gasteiger partial charge in [-0.25, -0.2) is 22.5 Å². The van der Waals surface area contributed by atoms with E-state index in [1.54, 1.807) is 43.3 Å². The number of hydrogen-bond acceptors (Lipinski definition) is 5. The van der Waals surface area contributed by atoms with E-state index >= 15 is 0 Å². The highest BCUT2D eigenvalue weighted by Crippen LogP contribution is 2.27. The fourth-order valence-corrected chi connectivity index (χ4v) is 5.53. The van der Waals surface area contributed by atoms with Gasteiger partial charge in [0, 0.05) is 24.4 Å². The van der Waals surface area contributed by atoms with Crippen molar-refractivity contribution in [3.05, 3.63) is 72.1 Å². The Hall–Kier alpha value is -3.04. The molecule has 4 rings (SSSR count). The molecule has 3 aromatic rings. The van der Waals surface area contributed by atoms with Gasteiger partial charge in [0.2, 0.25) is 15.9 Å². The fourth-order valence-electron chi connectivity index (χ4n) is 4.23. The zero-order chi connectivity index (χ0) is 24.3. The lowest BCUT2D eigenvalue weighted by Crippen LogP contribution is -2.41. The summed E-state index contributed by atoms with van der Waals surface area (Å²) in [5, 5.41) is 2.98. The van der Waals surface area contributed by atoms with Crippen molar-refractivity contribution in [2.24, 2.45) is 5.92 Å². The molecular weight excluding hydrogens is 457 g/mol. The highest BCUT2D eigenvalue weighted by molar-refractivity contribution is 7.89. The topological polar surface area (TPSA) is 101 Å². The highest BCUT2D eigenvalue weighted by Gasteiger charge is 2.29. The van der Waals surface area contributed by atoms with Gasteiger partial charge in [0.25, 0.3) is 0 Å². The van der Waals surface area contributed by atoms with E-state index in [0.29, 0.717) is 37.3 Å². The van der Waals surface area contributed by atoms with E-state index in [2.05, 4.69) is 15.0 Å². The van der Waals surface area contributed by atoms with E-state index in [-0.39, 0.29) is 34.6 Å². The summed E-state index contributed by atoms with van der Waals surface area (Å²) in [5.74, 6) is -0.00252. The van der Waals surface area contributed by atoms with Crippen LogP contribution >= 0.6 is 0 Å². The molecule has 1 aromatic heterocycles. The van der Waals surface area contributed by atoms with Crippen molar-refractivity contribution >= 4 is 15.9 Å². The van der Waals surface area contributed by atoms with Crippen molar-refractivity contribution in [3.63, 3.8) is 0 Å². The molecule has 2 N–H and O–H groups in total. The fraction of sp³-hybridized carbons (Fsp3) is 0.360. The molecule has 7 nitrogen and oxygen atoms in total. The van der Waals surface area contributed by atoms with Gasteiger partial charge in [-0.2, -0.15) is 0 Å². The maximum atomic E-state index is 13.1. The Bertz CT molecular complexity index is 1230. The molecule has 9 heteroatoms. The van der Waals surface area contributed by atoms with E-state index in [1.165, 1.54) is 18.4 Å². The Kier molecular flexibility index (Phi) is 7.13. The quantitative estimate of drug-likeness (QED) is 0.513. The van der Waals surface area contributed by atoms with Crippen molar-refractivity contribution in [2.45, 2.75) is 56.5 Å². The maximum Gasteiger partial charge on any atom is 0.240 e. The molecule has 0 unspecified atom stereocenters. The molecule has 1 heterocycles. The van der Waals surface area contributed by atoms with Crippen LogP contribution < -0.4 is 10.0 Å². The van der Waals surface area contributed by atoms with Crippen LogP contribution in [0, 0.1) is 18.7 Å². The Morgan fingerprint density at radius 1 is 1.06 bits per heavy atom. The summed E-state index contributed by atoms with van der Waals surface area (Å²) in [6.45, 7) is 3.61. The minimum Gasteiger partial charge on any atom is -0.449 e. The van der Waals surface area contributed by atoms with Gasteiger partial charge in [0.05, 0.1) is 10.9 Å². The number of nitrogens with one attached hydrogen (secondary N) is 2. The van der Waals surface area contributed by atoms with E-state index in [1.807, 2.05) is 6.92 Å². The third kappa shape index (κ3) is 5.71. The minimum absolute atomic E-state index is 0.0585. The number of aryl methyl sites for hydroxylation is 1. The van der Waals surface area contributed by atoms with Crippen LogP contribution in [-0.2, 0) is 14.8 Å². The maximum absolute atomic E-state index is 13.1. The van der Waals surface area contributed by atoms with Gasteiger partial charge in [-0.3, -0.25) is 4.79 Å². The Morgan fingerprint density at radius 2 is 1.71 bits per heavy atom. The van der Waals surface area contributed by atoms with Gasteiger partial charge in [0.15, 0.2) is 5.89 Å². The van der Waals surface area contributed by atoms with Crippen LogP contribution in [0.4, 0.5) is 4.39 Å². The number of nitrogens with zero attached hydrogens (tertiary/aromatic N) is 1. The number of aromatic nitrogens is 1. The van der Waals surface area contributed by atoms with Crippen LogP contribution in [0.1, 0.15) is 50.1 Å². The number of amides is 1. The summed E-state index contributed by atoms with van der Waals surface area (Å²) >= 11 is 0. The summed E-state index contributed by atoms with van der Waals surface area (Å²) in [6, 6.07) is 12.1. The molecule has 2 aromatic carbocycles. The van der Waals surface area contributed by atoms with Crippen LogP contribution in [0.15, 0.2) is 64.1 Å². The summed E-state index contributed by atoms with van der Waals surface area (Å²) in [4.78, 5) is 17.1. The number of rotatable bonds is 7. The van der Waals surface area contributed by atoms with Gasteiger partial charge >= 0.3 is 0 Å². The molecule has 0 aliphatic heterocycles. The molecule has 180 valence electrons. The first-order valence-electron chi connectivity index (χ1n) is 11.3. The lowest BCUT2D eigenvalue weighted by atomic mass is 9.85. The lowest BCUT2D eigenvalue weighted by molar-refractivity contribution is -0.126. The molecule has 1 aliphatic carbocycles. The first-order valence-corrected chi connectivity index (χ1v) is 12.8. The molecule has 1 saturated carbocycles. The number of hydrogen-bond donors (Lipinski definition) is 2. The van der Waals surface area contributed by atoms with Crippen molar-refractivity contribution in [3.8, 4) is 11.3 Å². The lowest BCUT2D eigenvalue weighted by Gasteiger charge is -2.29. The van der Waals surface area contributed by atoms with Crippen LogP contribution in [-0.4, -0.2) is 25.4 Å². The normalized spacial score (nSPS) is 19.5. The van der Waals surface area contributed by atoms with Crippen LogP contribution in [0.25, 0.3) is 11.3 Å². The standard InChI is InChI=1S/C25H28FN3O4S/c1-16(18-3-9-21(26)10-4-18)27-25(30)20-5-11-22(12-6-20)29-34(31,32)23-13-7-19(8-14-23)24-15-33-17(2)28-24/h3-4,7-10,13-16,20,22,29H,5-6,11-12H2,1-2H3,(H,27,30)/t16-,20?,22?/m1/s1. The monoisotopic (exact) mass is 485 g/mol. The number of halogens is 1. The third-order valence-corrected chi connectivity index (χ3v) is 7.76. The number of carbonyl (C=O) groups is 1. The average Bonchev–Trinajstić information content (AvgIpc) is 3.26. The molecule has 1 amide bonds. The summed E-state index contributed by atoms with van der Waals surface area (Å²) in [6.07, 6.45) is 3.89. The molecule has 0 radical (unpaired) electrons. The molecular formula is C25H28FN3O4S. The van der Waals surface area contributed by atoms with Crippen molar-refractivity contribution in [1.82, 2.24) is 15.0 Å². The van der Waals surface area contributed by atoms with Crippen LogP contribution in [0.3, 0.4) is 0 Å². The summed E-state index contributed by atoms with van der Waals surface area (Å²) < 4.78 is 46.8. The Labute approximate surface area is 198 Å². The molecule has 0 saturated heterocycles. The van der Waals surface area contributed by atoms with Gasteiger partial charge in [-0.05, 0) is 62.4 Å². The summed E-state index contributed by atoms with van der Waals surface area (Å²) in [7, 11) is -3.67. The number of sulfonamides is 1. The van der Waals surface area contributed by atoms with E-state index < -0.39 is 10.0 Å². The number of oxazole rings is 1. The second-order valence-electron chi connectivity index (χ2n) is 8.73. The minimum atomic E-state index is -3.67. The zero-order valence-electron chi connectivity index (χ0n) is 19.1. The molecule has 0 bridgehead atoms. The van der Waals surface area contributed by atoms with Gasteiger partial charge in [-0.1, -0.05) is 24.3 Å². The molecule has 1 atom stereocenters. The van der Waals surface area contributed by atoms with Crippen LogP contribution in [0.5, 0.6) is 0 Å². The second-order valence-corrected chi connectivity index (χ2v) is 10.4.